The first kappa shape index (κ1) is 17.2. The van der Waals surface area contributed by atoms with Crippen LogP contribution >= 0.6 is 0 Å². The van der Waals surface area contributed by atoms with Gasteiger partial charge in [0.05, 0.1) is 13.2 Å². The molecule has 0 saturated heterocycles. The number of ether oxygens (including phenoxy) is 1. The van der Waals surface area contributed by atoms with Crippen LogP contribution in [0.3, 0.4) is 0 Å². The Labute approximate surface area is 158 Å². The van der Waals surface area contributed by atoms with Crippen LogP contribution < -0.4 is 0 Å². The van der Waals surface area contributed by atoms with E-state index < -0.39 is 0 Å². The van der Waals surface area contributed by atoms with Crippen molar-refractivity contribution in [2.75, 3.05) is 0 Å². The average molecular weight is 352 g/mol. The molecule has 0 saturated carbocycles. The molecule has 0 fully saturated rings. The van der Waals surface area contributed by atoms with Gasteiger partial charge < -0.3 is 4.74 Å². The van der Waals surface area contributed by atoms with Crippen molar-refractivity contribution in [2.24, 2.45) is 0 Å². The maximum atomic E-state index is 11.8. The molecule has 4 aromatic carbocycles. The van der Waals surface area contributed by atoms with Crippen LogP contribution in [-0.4, -0.2) is 6.29 Å². The summed E-state index contributed by atoms with van der Waals surface area (Å²) in [5.41, 5.74) is 4.08. The van der Waals surface area contributed by atoms with Gasteiger partial charge >= 0.3 is 0 Å². The van der Waals surface area contributed by atoms with Gasteiger partial charge in [0.25, 0.3) is 0 Å². The quantitative estimate of drug-likeness (QED) is 0.306. The minimum atomic E-state index is 0.489. The molecule has 0 aliphatic rings. The number of carbonyl (C=O) groups is 1. The lowest BCUT2D eigenvalue weighted by Crippen LogP contribution is -1.99. The zero-order valence-corrected chi connectivity index (χ0v) is 15.0. The fourth-order valence-electron chi connectivity index (χ4n) is 3.56. The summed E-state index contributed by atoms with van der Waals surface area (Å²) in [6, 6.07) is 24.3. The van der Waals surface area contributed by atoms with E-state index in [2.05, 4.69) is 30.8 Å². The minimum Gasteiger partial charge on any atom is -0.372 e. The van der Waals surface area contributed by atoms with Gasteiger partial charge in [0, 0.05) is 5.56 Å². The standard InChI is InChI=1S/C25H20O2/c1-2-18-11-13-19(14-12-18)16-27-17-25-22-9-5-3-7-20(22)24(15-26)21-8-4-6-10-23(21)25/h2-15H,1,16-17H2. The van der Waals surface area contributed by atoms with Gasteiger partial charge in [-0.25, -0.2) is 0 Å². The number of rotatable bonds is 6. The van der Waals surface area contributed by atoms with Crippen molar-refractivity contribution in [3.05, 3.63) is 102 Å². The summed E-state index contributed by atoms with van der Waals surface area (Å²) < 4.78 is 6.05. The van der Waals surface area contributed by atoms with Crippen LogP contribution in [0.1, 0.15) is 27.0 Å². The molecule has 0 bridgehead atoms. The van der Waals surface area contributed by atoms with Crippen molar-refractivity contribution in [3.8, 4) is 0 Å². The highest BCUT2D eigenvalue weighted by molar-refractivity contribution is 6.14. The summed E-state index contributed by atoms with van der Waals surface area (Å²) >= 11 is 0. The van der Waals surface area contributed by atoms with E-state index in [9.17, 15) is 4.79 Å². The first-order valence-corrected chi connectivity index (χ1v) is 8.98. The van der Waals surface area contributed by atoms with Crippen molar-refractivity contribution in [2.45, 2.75) is 13.2 Å². The lowest BCUT2D eigenvalue weighted by atomic mass is 9.92. The number of benzene rings is 4. The Morgan fingerprint density at radius 3 is 1.81 bits per heavy atom. The zero-order valence-electron chi connectivity index (χ0n) is 15.0. The van der Waals surface area contributed by atoms with E-state index in [0.717, 1.165) is 50.1 Å². The fourth-order valence-corrected chi connectivity index (χ4v) is 3.56. The van der Waals surface area contributed by atoms with E-state index in [1.807, 2.05) is 54.6 Å². The van der Waals surface area contributed by atoms with Crippen molar-refractivity contribution in [3.63, 3.8) is 0 Å². The molecule has 27 heavy (non-hydrogen) atoms. The summed E-state index contributed by atoms with van der Waals surface area (Å²) in [5, 5.41) is 4.08. The Morgan fingerprint density at radius 1 is 0.741 bits per heavy atom. The summed E-state index contributed by atoms with van der Waals surface area (Å²) in [4.78, 5) is 11.8. The van der Waals surface area contributed by atoms with Crippen molar-refractivity contribution < 1.29 is 9.53 Å². The fraction of sp³-hybridized carbons (Fsp3) is 0.0800. The molecule has 2 nitrogen and oxygen atoms in total. The molecule has 0 aliphatic heterocycles. The topological polar surface area (TPSA) is 26.3 Å². The second-order valence-corrected chi connectivity index (χ2v) is 6.54. The van der Waals surface area contributed by atoms with Gasteiger partial charge in [-0.2, -0.15) is 0 Å². The number of aldehydes is 1. The molecule has 2 heteroatoms. The summed E-state index contributed by atoms with van der Waals surface area (Å²) in [6.07, 6.45) is 2.79. The molecule has 132 valence electrons. The molecule has 0 radical (unpaired) electrons. The van der Waals surface area contributed by atoms with E-state index in [1.54, 1.807) is 0 Å². The Balaban J connectivity index is 1.71. The first-order chi connectivity index (χ1) is 13.3. The number of fused-ring (bicyclic) bond motifs is 2. The molecule has 4 rings (SSSR count). The molecule has 0 aromatic heterocycles. The normalized spacial score (nSPS) is 11.0. The Hall–Kier alpha value is -3.23. The summed E-state index contributed by atoms with van der Waals surface area (Å²) in [5.74, 6) is 0. The average Bonchev–Trinajstić information content (AvgIpc) is 2.74. The maximum absolute atomic E-state index is 11.8. The maximum Gasteiger partial charge on any atom is 0.151 e. The third-order valence-corrected chi connectivity index (χ3v) is 4.93. The predicted molar refractivity (Wildman–Crippen MR) is 112 cm³/mol. The monoisotopic (exact) mass is 352 g/mol. The van der Waals surface area contributed by atoms with Crippen LogP contribution in [0.5, 0.6) is 0 Å². The highest BCUT2D eigenvalue weighted by atomic mass is 16.5. The lowest BCUT2D eigenvalue weighted by Gasteiger charge is -2.14. The zero-order chi connectivity index (χ0) is 18.6. The van der Waals surface area contributed by atoms with E-state index in [1.165, 1.54) is 0 Å². The van der Waals surface area contributed by atoms with Crippen molar-refractivity contribution >= 4 is 33.9 Å². The first-order valence-electron chi connectivity index (χ1n) is 8.98. The highest BCUT2D eigenvalue weighted by Gasteiger charge is 2.13. The van der Waals surface area contributed by atoms with Crippen molar-refractivity contribution in [1.29, 1.82) is 0 Å². The molecule has 0 spiro atoms. The van der Waals surface area contributed by atoms with Gasteiger partial charge in [0.1, 0.15) is 0 Å². The Morgan fingerprint density at radius 2 is 1.30 bits per heavy atom. The van der Waals surface area contributed by atoms with Gasteiger partial charge in [-0.1, -0.05) is 85.5 Å². The van der Waals surface area contributed by atoms with E-state index in [0.29, 0.717) is 13.2 Å². The summed E-state index contributed by atoms with van der Waals surface area (Å²) in [7, 11) is 0. The third kappa shape index (κ3) is 3.27. The Bertz CT molecular complexity index is 1070. The number of carbonyl (C=O) groups excluding carboxylic acids is 1. The molecular formula is C25H20O2. The molecule has 4 aromatic rings. The molecule has 0 atom stereocenters. The van der Waals surface area contributed by atoms with E-state index >= 15 is 0 Å². The molecule has 0 amide bonds. The van der Waals surface area contributed by atoms with Crippen molar-refractivity contribution in [1.82, 2.24) is 0 Å². The van der Waals surface area contributed by atoms with Crippen LogP contribution in [0.2, 0.25) is 0 Å². The van der Waals surface area contributed by atoms with E-state index in [-0.39, 0.29) is 0 Å². The molecule has 0 unspecified atom stereocenters. The Kier molecular flexibility index (Phi) is 4.82. The summed E-state index contributed by atoms with van der Waals surface area (Å²) in [6.45, 7) is 4.81. The van der Waals surface area contributed by atoms with Gasteiger partial charge in [0.2, 0.25) is 0 Å². The smallest absolute Gasteiger partial charge is 0.151 e. The third-order valence-electron chi connectivity index (χ3n) is 4.93. The van der Waals surface area contributed by atoms with Crippen LogP contribution in [0, 0.1) is 0 Å². The molecule has 0 heterocycles. The molecule has 0 aliphatic carbocycles. The molecule has 0 N–H and O–H groups in total. The lowest BCUT2D eigenvalue weighted by molar-refractivity contribution is 0.108. The second-order valence-electron chi connectivity index (χ2n) is 6.54. The number of hydrogen-bond acceptors (Lipinski definition) is 2. The largest absolute Gasteiger partial charge is 0.372 e. The predicted octanol–water partition coefficient (Wildman–Crippen LogP) is 6.17. The van der Waals surface area contributed by atoms with Crippen LogP contribution in [-0.2, 0) is 18.0 Å². The van der Waals surface area contributed by atoms with Crippen LogP contribution in [0.25, 0.3) is 27.6 Å². The highest BCUT2D eigenvalue weighted by Crippen LogP contribution is 2.32. The van der Waals surface area contributed by atoms with Gasteiger partial charge in [0.15, 0.2) is 6.29 Å². The number of hydrogen-bond donors (Lipinski definition) is 0. The van der Waals surface area contributed by atoms with Crippen LogP contribution in [0.15, 0.2) is 79.4 Å². The van der Waals surface area contributed by atoms with Gasteiger partial charge in [-0.05, 0) is 38.2 Å². The van der Waals surface area contributed by atoms with Gasteiger partial charge in [-0.3, -0.25) is 4.79 Å². The van der Waals surface area contributed by atoms with E-state index in [4.69, 9.17) is 4.74 Å². The second kappa shape index (κ2) is 7.56. The van der Waals surface area contributed by atoms with Gasteiger partial charge in [-0.15, -0.1) is 0 Å². The van der Waals surface area contributed by atoms with Crippen LogP contribution in [0.4, 0.5) is 0 Å². The minimum absolute atomic E-state index is 0.489. The molecular weight excluding hydrogens is 332 g/mol. The SMILES string of the molecule is C=Cc1ccc(COCc2c3ccccc3c(C=O)c3ccccc23)cc1.